The molecule has 0 aliphatic carbocycles. The fourth-order valence-electron chi connectivity index (χ4n) is 3.01. The van der Waals surface area contributed by atoms with E-state index in [0.717, 1.165) is 49.7 Å². The predicted octanol–water partition coefficient (Wildman–Crippen LogP) is 2.19. The number of hydrogen-bond donors (Lipinski definition) is 2. The summed E-state index contributed by atoms with van der Waals surface area (Å²) in [5.74, 6) is 2.01. The van der Waals surface area contributed by atoms with Crippen molar-refractivity contribution in [3.8, 4) is 5.75 Å². The Labute approximate surface area is 157 Å². The van der Waals surface area contributed by atoms with Crippen LogP contribution in [0.5, 0.6) is 5.75 Å². The van der Waals surface area contributed by atoms with E-state index in [1.54, 1.807) is 7.05 Å². The second-order valence-electron chi connectivity index (χ2n) is 7.04. The maximum absolute atomic E-state index is 12.1. The smallest absolute Gasteiger partial charge is 0.225 e. The quantitative estimate of drug-likeness (QED) is 0.444. The molecule has 6 nitrogen and oxygen atoms in total. The van der Waals surface area contributed by atoms with Crippen LogP contribution in [0.1, 0.15) is 32.3 Å². The van der Waals surface area contributed by atoms with E-state index in [-0.39, 0.29) is 17.9 Å². The average molecular weight is 361 g/mol. The summed E-state index contributed by atoms with van der Waals surface area (Å²) in [6, 6.07) is 8.30. The molecule has 0 bridgehead atoms. The molecule has 0 aromatic heterocycles. The summed E-state index contributed by atoms with van der Waals surface area (Å²) in [5, 5.41) is 6.73. The van der Waals surface area contributed by atoms with Gasteiger partial charge in [0.1, 0.15) is 5.75 Å². The molecule has 0 radical (unpaired) electrons. The lowest BCUT2D eigenvalue weighted by Crippen LogP contribution is -2.45. The standard InChI is InChI=1S/C20H32N4O2/c1-15(2)19(25)24-12-10-17(14-24)23-20(21-4)22-11-7-13-26-18-9-6-5-8-16(18)3/h5-6,8-9,15,17H,7,10-14H2,1-4H3,(H2,21,22,23). The van der Waals surface area contributed by atoms with E-state index in [9.17, 15) is 4.79 Å². The van der Waals surface area contributed by atoms with Crippen LogP contribution in [0.15, 0.2) is 29.3 Å². The number of benzene rings is 1. The summed E-state index contributed by atoms with van der Waals surface area (Å²) in [7, 11) is 1.77. The first kappa shape index (κ1) is 20.1. The highest BCUT2D eigenvalue weighted by Gasteiger charge is 2.27. The molecule has 1 unspecified atom stereocenters. The van der Waals surface area contributed by atoms with E-state index in [1.807, 2.05) is 49.9 Å². The molecule has 1 amide bonds. The number of aryl methyl sites for hydroxylation is 1. The predicted molar refractivity (Wildman–Crippen MR) is 106 cm³/mol. The molecule has 0 saturated carbocycles. The Morgan fingerprint density at radius 1 is 1.38 bits per heavy atom. The number of para-hydroxylation sites is 1. The van der Waals surface area contributed by atoms with Gasteiger partial charge < -0.3 is 20.3 Å². The van der Waals surface area contributed by atoms with Crippen LogP contribution in [0.25, 0.3) is 0 Å². The SMILES string of the molecule is CN=C(NCCCOc1ccccc1C)NC1CCN(C(=O)C(C)C)C1. The van der Waals surface area contributed by atoms with E-state index in [0.29, 0.717) is 6.61 Å². The zero-order valence-electron chi connectivity index (χ0n) is 16.4. The van der Waals surface area contributed by atoms with Crippen LogP contribution in [-0.4, -0.2) is 56.1 Å². The Morgan fingerprint density at radius 3 is 2.85 bits per heavy atom. The lowest BCUT2D eigenvalue weighted by molar-refractivity contribution is -0.133. The minimum absolute atomic E-state index is 0.0550. The molecule has 144 valence electrons. The molecule has 6 heteroatoms. The van der Waals surface area contributed by atoms with Gasteiger partial charge in [-0.15, -0.1) is 0 Å². The molecule has 1 atom stereocenters. The van der Waals surface area contributed by atoms with Crippen LogP contribution in [0.4, 0.5) is 0 Å². The Morgan fingerprint density at radius 2 is 2.15 bits per heavy atom. The van der Waals surface area contributed by atoms with Gasteiger partial charge in [0, 0.05) is 38.6 Å². The molecule has 1 aromatic rings. The maximum Gasteiger partial charge on any atom is 0.225 e. The minimum atomic E-state index is 0.0550. The third kappa shape index (κ3) is 5.93. The second kappa shape index (κ2) is 10.0. The number of ether oxygens (including phenoxy) is 1. The van der Waals surface area contributed by atoms with Gasteiger partial charge in [-0.1, -0.05) is 32.0 Å². The Bertz CT molecular complexity index is 616. The number of nitrogens with zero attached hydrogens (tertiary/aromatic N) is 2. The third-order valence-electron chi connectivity index (χ3n) is 4.52. The molecule has 2 N–H and O–H groups in total. The summed E-state index contributed by atoms with van der Waals surface area (Å²) in [4.78, 5) is 18.3. The number of guanidine groups is 1. The number of hydrogen-bond acceptors (Lipinski definition) is 3. The molecule has 1 heterocycles. The molecular formula is C20H32N4O2. The van der Waals surface area contributed by atoms with Gasteiger partial charge in [-0.3, -0.25) is 9.79 Å². The number of nitrogens with one attached hydrogen (secondary N) is 2. The zero-order chi connectivity index (χ0) is 18.9. The maximum atomic E-state index is 12.1. The van der Waals surface area contributed by atoms with Crippen LogP contribution < -0.4 is 15.4 Å². The minimum Gasteiger partial charge on any atom is -0.493 e. The number of rotatable bonds is 7. The largest absolute Gasteiger partial charge is 0.493 e. The second-order valence-corrected chi connectivity index (χ2v) is 7.04. The molecule has 1 aromatic carbocycles. The number of likely N-dealkylation sites (tertiary alicyclic amines) is 1. The first-order valence-corrected chi connectivity index (χ1v) is 9.45. The van der Waals surface area contributed by atoms with Crippen molar-refractivity contribution in [3.63, 3.8) is 0 Å². The van der Waals surface area contributed by atoms with Crippen molar-refractivity contribution in [2.24, 2.45) is 10.9 Å². The van der Waals surface area contributed by atoms with Gasteiger partial charge in [-0.2, -0.15) is 0 Å². The van der Waals surface area contributed by atoms with Gasteiger partial charge in [0.05, 0.1) is 6.61 Å². The molecular weight excluding hydrogens is 328 g/mol. The van der Waals surface area contributed by atoms with E-state index >= 15 is 0 Å². The van der Waals surface area contributed by atoms with Crippen LogP contribution >= 0.6 is 0 Å². The summed E-state index contributed by atoms with van der Waals surface area (Å²) < 4.78 is 5.80. The van der Waals surface area contributed by atoms with Crippen molar-refractivity contribution >= 4 is 11.9 Å². The molecule has 2 rings (SSSR count). The van der Waals surface area contributed by atoms with Crippen molar-refractivity contribution in [3.05, 3.63) is 29.8 Å². The van der Waals surface area contributed by atoms with Crippen molar-refractivity contribution in [1.29, 1.82) is 0 Å². The third-order valence-corrected chi connectivity index (χ3v) is 4.52. The molecule has 1 fully saturated rings. The summed E-state index contributed by atoms with van der Waals surface area (Å²) in [6.07, 6.45) is 1.84. The zero-order valence-corrected chi connectivity index (χ0v) is 16.4. The fourth-order valence-corrected chi connectivity index (χ4v) is 3.01. The molecule has 1 saturated heterocycles. The monoisotopic (exact) mass is 360 g/mol. The van der Waals surface area contributed by atoms with Crippen LogP contribution in [0, 0.1) is 12.8 Å². The van der Waals surface area contributed by atoms with Gasteiger partial charge in [0.25, 0.3) is 0 Å². The van der Waals surface area contributed by atoms with Crippen molar-refractivity contribution in [1.82, 2.24) is 15.5 Å². The lowest BCUT2D eigenvalue weighted by Gasteiger charge is -2.20. The number of carbonyl (C=O) groups excluding carboxylic acids is 1. The molecule has 26 heavy (non-hydrogen) atoms. The normalized spacial score (nSPS) is 17.5. The summed E-state index contributed by atoms with van der Waals surface area (Å²) in [5.41, 5.74) is 1.15. The van der Waals surface area contributed by atoms with E-state index < -0.39 is 0 Å². The van der Waals surface area contributed by atoms with Gasteiger partial charge in [-0.25, -0.2) is 0 Å². The molecule has 1 aliphatic rings. The first-order chi connectivity index (χ1) is 12.5. The molecule has 0 spiro atoms. The number of amides is 1. The van der Waals surface area contributed by atoms with E-state index in [4.69, 9.17) is 4.74 Å². The topological polar surface area (TPSA) is 66.0 Å². The van der Waals surface area contributed by atoms with Gasteiger partial charge in [0.15, 0.2) is 5.96 Å². The van der Waals surface area contributed by atoms with Crippen molar-refractivity contribution in [2.45, 2.75) is 39.7 Å². The van der Waals surface area contributed by atoms with Gasteiger partial charge in [0.2, 0.25) is 5.91 Å². The highest BCUT2D eigenvalue weighted by atomic mass is 16.5. The van der Waals surface area contributed by atoms with Crippen LogP contribution in [0.3, 0.4) is 0 Å². The fraction of sp³-hybridized carbons (Fsp3) is 0.600. The Balaban J connectivity index is 1.65. The van der Waals surface area contributed by atoms with E-state index in [2.05, 4.69) is 15.6 Å². The van der Waals surface area contributed by atoms with Crippen LogP contribution in [-0.2, 0) is 4.79 Å². The van der Waals surface area contributed by atoms with Crippen LogP contribution in [0.2, 0.25) is 0 Å². The highest BCUT2D eigenvalue weighted by molar-refractivity contribution is 5.81. The average Bonchev–Trinajstić information content (AvgIpc) is 3.09. The van der Waals surface area contributed by atoms with Gasteiger partial charge in [-0.05, 0) is 31.4 Å². The number of aliphatic imine (C=N–C) groups is 1. The van der Waals surface area contributed by atoms with Crippen molar-refractivity contribution in [2.75, 3.05) is 33.3 Å². The molecule has 1 aliphatic heterocycles. The Hall–Kier alpha value is -2.24. The van der Waals surface area contributed by atoms with Crippen molar-refractivity contribution < 1.29 is 9.53 Å². The lowest BCUT2D eigenvalue weighted by atomic mass is 10.2. The highest BCUT2D eigenvalue weighted by Crippen LogP contribution is 2.16. The summed E-state index contributed by atoms with van der Waals surface area (Å²) in [6.45, 7) is 8.95. The first-order valence-electron chi connectivity index (χ1n) is 9.45. The van der Waals surface area contributed by atoms with E-state index in [1.165, 1.54) is 0 Å². The van der Waals surface area contributed by atoms with Gasteiger partial charge >= 0.3 is 0 Å². The Kier molecular flexibility index (Phi) is 7.75. The summed E-state index contributed by atoms with van der Waals surface area (Å²) >= 11 is 0. The number of carbonyl (C=O) groups is 1.